The number of hydrogen-bond donors (Lipinski definition) is 2. The molecule has 1 aliphatic carbocycles. The fourth-order valence-electron chi connectivity index (χ4n) is 2.92. The van der Waals surface area contributed by atoms with Crippen LogP contribution >= 0.6 is 0 Å². The van der Waals surface area contributed by atoms with Gasteiger partial charge in [-0.15, -0.1) is 0 Å². The predicted molar refractivity (Wildman–Crippen MR) is 90.4 cm³/mol. The molecule has 124 valence electrons. The molecule has 1 aliphatic rings. The first-order valence-electron chi connectivity index (χ1n) is 7.80. The third-order valence-corrected chi connectivity index (χ3v) is 4.10. The Morgan fingerprint density at radius 2 is 1.92 bits per heavy atom. The standard InChI is InChI=1S/C17H19N5O2/c1-23-13-7-6-10(8-14(13)24-11-4-2-3-5-11)15-12(9-18)16(19)22-17(20)21-15/h6-8,11H,2-5H2,1H3,(H4,19,20,21,22). The Morgan fingerprint density at radius 3 is 2.58 bits per heavy atom. The Bertz CT molecular complexity index is 794. The van der Waals surface area contributed by atoms with Crippen molar-refractivity contribution < 1.29 is 9.47 Å². The molecule has 0 radical (unpaired) electrons. The number of aromatic nitrogens is 2. The second-order valence-electron chi connectivity index (χ2n) is 5.69. The van der Waals surface area contributed by atoms with E-state index in [0.29, 0.717) is 22.8 Å². The number of nitriles is 1. The molecule has 1 aromatic heterocycles. The van der Waals surface area contributed by atoms with Gasteiger partial charge < -0.3 is 20.9 Å². The predicted octanol–water partition coefficient (Wildman–Crippen LogP) is 2.51. The van der Waals surface area contributed by atoms with E-state index in [0.717, 1.165) is 12.8 Å². The highest BCUT2D eigenvalue weighted by Gasteiger charge is 2.20. The molecule has 0 amide bonds. The molecule has 0 unspecified atom stereocenters. The number of nitrogens with two attached hydrogens (primary N) is 2. The van der Waals surface area contributed by atoms with E-state index in [9.17, 15) is 5.26 Å². The lowest BCUT2D eigenvalue weighted by Gasteiger charge is -2.17. The highest BCUT2D eigenvalue weighted by atomic mass is 16.5. The molecule has 1 fully saturated rings. The molecular weight excluding hydrogens is 306 g/mol. The van der Waals surface area contributed by atoms with Crippen molar-refractivity contribution in [3.05, 3.63) is 23.8 Å². The maximum absolute atomic E-state index is 9.34. The third-order valence-electron chi connectivity index (χ3n) is 4.10. The zero-order valence-electron chi connectivity index (χ0n) is 13.5. The number of rotatable bonds is 4. The topological polar surface area (TPSA) is 120 Å². The first kappa shape index (κ1) is 15.9. The van der Waals surface area contributed by atoms with Crippen LogP contribution in [0.2, 0.25) is 0 Å². The van der Waals surface area contributed by atoms with Crippen LogP contribution in [0.1, 0.15) is 31.2 Å². The Labute approximate surface area is 140 Å². The number of hydrogen-bond acceptors (Lipinski definition) is 7. The van der Waals surface area contributed by atoms with E-state index in [-0.39, 0.29) is 23.4 Å². The Hall–Kier alpha value is -3.01. The summed E-state index contributed by atoms with van der Waals surface area (Å²) < 4.78 is 11.5. The summed E-state index contributed by atoms with van der Waals surface area (Å²) in [7, 11) is 1.60. The fourth-order valence-corrected chi connectivity index (χ4v) is 2.92. The number of methoxy groups -OCH3 is 1. The maximum atomic E-state index is 9.34. The number of nitrogen functional groups attached to an aromatic ring is 2. The minimum atomic E-state index is 0.0237. The molecule has 4 N–H and O–H groups in total. The van der Waals surface area contributed by atoms with E-state index in [1.165, 1.54) is 12.8 Å². The number of nitrogens with zero attached hydrogens (tertiary/aromatic N) is 3. The highest BCUT2D eigenvalue weighted by molar-refractivity contribution is 5.74. The zero-order chi connectivity index (χ0) is 17.1. The minimum absolute atomic E-state index is 0.0237. The van der Waals surface area contributed by atoms with Gasteiger partial charge in [-0.05, 0) is 43.9 Å². The SMILES string of the molecule is COc1ccc(-c2nc(N)nc(N)c2C#N)cc1OC1CCCC1. The van der Waals surface area contributed by atoms with E-state index in [4.69, 9.17) is 20.9 Å². The van der Waals surface area contributed by atoms with Crippen LogP contribution in [0.25, 0.3) is 11.3 Å². The largest absolute Gasteiger partial charge is 0.493 e. The molecule has 2 aromatic rings. The van der Waals surface area contributed by atoms with Gasteiger partial charge >= 0.3 is 0 Å². The molecule has 1 aromatic carbocycles. The molecular formula is C17H19N5O2. The van der Waals surface area contributed by atoms with Gasteiger partial charge in [-0.3, -0.25) is 0 Å². The third kappa shape index (κ3) is 3.04. The molecule has 3 rings (SSSR count). The highest BCUT2D eigenvalue weighted by Crippen LogP contribution is 2.36. The molecule has 7 nitrogen and oxygen atoms in total. The zero-order valence-corrected chi connectivity index (χ0v) is 13.5. The van der Waals surface area contributed by atoms with Crippen LogP contribution < -0.4 is 20.9 Å². The van der Waals surface area contributed by atoms with Gasteiger partial charge in [-0.25, -0.2) is 4.98 Å². The van der Waals surface area contributed by atoms with Gasteiger partial charge in [0, 0.05) is 5.56 Å². The Morgan fingerprint density at radius 1 is 1.17 bits per heavy atom. The summed E-state index contributed by atoms with van der Waals surface area (Å²) in [6, 6.07) is 7.42. The van der Waals surface area contributed by atoms with Gasteiger partial charge in [0.25, 0.3) is 0 Å². The number of anilines is 2. The van der Waals surface area contributed by atoms with Gasteiger partial charge in [0.2, 0.25) is 5.95 Å². The van der Waals surface area contributed by atoms with Gasteiger partial charge in [-0.2, -0.15) is 10.2 Å². The number of ether oxygens (including phenoxy) is 2. The van der Waals surface area contributed by atoms with Crippen LogP contribution in [0.4, 0.5) is 11.8 Å². The summed E-state index contributed by atoms with van der Waals surface area (Å²) in [5, 5.41) is 9.34. The Kier molecular flexibility index (Phi) is 4.38. The van der Waals surface area contributed by atoms with Gasteiger partial charge in [0.15, 0.2) is 11.5 Å². The monoisotopic (exact) mass is 325 g/mol. The average Bonchev–Trinajstić information content (AvgIpc) is 3.07. The van der Waals surface area contributed by atoms with Crippen LogP contribution in [-0.2, 0) is 0 Å². The summed E-state index contributed by atoms with van der Waals surface area (Å²) in [5.74, 6) is 1.35. The molecule has 1 heterocycles. The summed E-state index contributed by atoms with van der Waals surface area (Å²) in [4.78, 5) is 8.01. The lowest BCUT2D eigenvalue weighted by atomic mass is 10.1. The quantitative estimate of drug-likeness (QED) is 0.886. The Balaban J connectivity index is 2.04. The van der Waals surface area contributed by atoms with Crippen molar-refractivity contribution in [2.24, 2.45) is 0 Å². The summed E-state index contributed by atoms with van der Waals surface area (Å²) >= 11 is 0. The fraction of sp³-hybridized carbons (Fsp3) is 0.353. The number of benzene rings is 1. The summed E-state index contributed by atoms with van der Waals surface area (Å²) in [6.07, 6.45) is 4.59. The molecule has 0 spiro atoms. The normalized spacial score (nSPS) is 14.3. The lowest BCUT2D eigenvalue weighted by molar-refractivity contribution is 0.201. The molecule has 24 heavy (non-hydrogen) atoms. The van der Waals surface area contributed by atoms with Crippen molar-refractivity contribution in [2.45, 2.75) is 31.8 Å². The minimum Gasteiger partial charge on any atom is -0.493 e. The lowest BCUT2D eigenvalue weighted by Crippen LogP contribution is -2.11. The first-order valence-corrected chi connectivity index (χ1v) is 7.80. The van der Waals surface area contributed by atoms with E-state index >= 15 is 0 Å². The van der Waals surface area contributed by atoms with E-state index < -0.39 is 0 Å². The van der Waals surface area contributed by atoms with Crippen LogP contribution in [-0.4, -0.2) is 23.2 Å². The van der Waals surface area contributed by atoms with Crippen molar-refractivity contribution >= 4 is 11.8 Å². The summed E-state index contributed by atoms with van der Waals surface area (Å²) in [5.41, 5.74) is 12.7. The molecule has 0 saturated heterocycles. The van der Waals surface area contributed by atoms with E-state index in [1.54, 1.807) is 25.3 Å². The van der Waals surface area contributed by atoms with Crippen molar-refractivity contribution in [1.82, 2.24) is 9.97 Å². The molecule has 0 bridgehead atoms. The van der Waals surface area contributed by atoms with Gasteiger partial charge in [-0.1, -0.05) is 0 Å². The van der Waals surface area contributed by atoms with Crippen LogP contribution in [0.3, 0.4) is 0 Å². The van der Waals surface area contributed by atoms with Crippen LogP contribution in [0, 0.1) is 11.3 Å². The molecule has 0 aliphatic heterocycles. The van der Waals surface area contributed by atoms with E-state index in [1.807, 2.05) is 6.07 Å². The molecule has 0 atom stereocenters. The van der Waals surface area contributed by atoms with Gasteiger partial charge in [0.1, 0.15) is 17.5 Å². The van der Waals surface area contributed by atoms with Crippen molar-refractivity contribution in [1.29, 1.82) is 5.26 Å². The van der Waals surface area contributed by atoms with Crippen LogP contribution in [0.5, 0.6) is 11.5 Å². The first-order chi connectivity index (χ1) is 11.6. The average molecular weight is 325 g/mol. The second kappa shape index (κ2) is 6.62. The van der Waals surface area contributed by atoms with Gasteiger partial charge in [0.05, 0.1) is 18.9 Å². The van der Waals surface area contributed by atoms with Crippen molar-refractivity contribution in [2.75, 3.05) is 18.6 Å². The van der Waals surface area contributed by atoms with Crippen molar-refractivity contribution in [3.8, 4) is 28.8 Å². The smallest absolute Gasteiger partial charge is 0.222 e. The molecule has 7 heteroatoms. The maximum Gasteiger partial charge on any atom is 0.222 e. The summed E-state index contributed by atoms with van der Waals surface area (Å²) in [6.45, 7) is 0. The second-order valence-corrected chi connectivity index (χ2v) is 5.69. The van der Waals surface area contributed by atoms with Crippen molar-refractivity contribution in [3.63, 3.8) is 0 Å². The van der Waals surface area contributed by atoms with E-state index in [2.05, 4.69) is 9.97 Å². The van der Waals surface area contributed by atoms with Crippen LogP contribution in [0.15, 0.2) is 18.2 Å². The molecule has 1 saturated carbocycles.